The molecule has 2 N–H and O–H groups in total. The summed E-state index contributed by atoms with van der Waals surface area (Å²) in [6.45, 7) is 4.00. The molecule has 0 amide bonds. The van der Waals surface area contributed by atoms with Crippen LogP contribution >= 0.6 is 0 Å². The summed E-state index contributed by atoms with van der Waals surface area (Å²) in [5.41, 5.74) is 4.12. The van der Waals surface area contributed by atoms with Crippen LogP contribution in [0.15, 0.2) is 18.2 Å². The Morgan fingerprint density at radius 3 is 3.15 bits per heavy atom. The number of benzene rings is 1. The maximum absolute atomic E-state index is 3.99. The van der Waals surface area contributed by atoms with Crippen molar-refractivity contribution in [2.45, 2.75) is 32.4 Å². The van der Waals surface area contributed by atoms with Crippen LogP contribution in [0, 0.1) is 0 Å². The fraction of sp³-hybridized carbons (Fsp3) is 0.500. The van der Waals surface area contributed by atoms with Crippen molar-refractivity contribution in [2.75, 3.05) is 18.5 Å². The van der Waals surface area contributed by atoms with Gasteiger partial charge in [-0.2, -0.15) is 5.21 Å². The summed E-state index contributed by atoms with van der Waals surface area (Å²) in [4.78, 5) is 2.33. The lowest BCUT2D eigenvalue weighted by Crippen LogP contribution is -2.25. The Morgan fingerprint density at radius 1 is 1.45 bits per heavy atom. The van der Waals surface area contributed by atoms with Gasteiger partial charge in [0.05, 0.1) is 6.04 Å². The molecule has 1 aromatic carbocycles. The van der Waals surface area contributed by atoms with Crippen LogP contribution in [0.4, 0.5) is 5.69 Å². The molecule has 1 unspecified atom stereocenters. The number of tetrazole rings is 1. The molecule has 1 aliphatic heterocycles. The largest absolute Gasteiger partial charge is 0.374 e. The lowest BCUT2D eigenvalue weighted by molar-refractivity contribution is 0.546. The number of hydrogen-bond acceptors (Lipinski definition) is 5. The molecule has 0 spiro atoms. The quantitative estimate of drug-likeness (QED) is 0.881. The Hall–Kier alpha value is -1.95. The van der Waals surface area contributed by atoms with Gasteiger partial charge >= 0.3 is 0 Å². The number of anilines is 1. The first kappa shape index (κ1) is 13.1. The van der Waals surface area contributed by atoms with E-state index in [0.717, 1.165) is 13.1 Å². The molecule has 0 bridgehead atoms. The average Bonchev–Trinajstić information content (AvgIpc) is 2.99. The van der Waals surface area contributed by atoms with E-state index >= 15 is 0 Å². The van der Waals surface area contributed by atoms with Crippen LogP contribution in [0.25, 0.3) is 0 Å². The van der Waals surface area contributed by atoms with Gasteiger partial charge in [-0.3, -0.25) is 0 Å². The molecule has 0 saturated carbocycles. The highest BCUT2D eigenvalue weighted by Crippen LogP contribution is 2.26. The van der Waals surface area contributed by atoms with Crippen LogP contribution in [0.5, 0.6) is 0 Å². The van der Waals surface area contributed by atoms with E-state index in [1.807, 2.05) is 6.92 Å². The van der Waals surface area contributed by atoms with Gasteiger partial charge in [0.1, 0.15) is 0 Å². The number of rotatable bonds is 4. The highest BCUT2D eigenvalue weighted by molar-refractivity contribution is 5.56. The first-order valence-corrected chi connectivity index (χ1v) is 7.03. The minimum Gasteiger partial charge on any atom is -0.374 e. The molecule has 1 atom stereocenters. The first-order valence-electron chi connectivity index (χ1n) is 7.03. The average molecular weight is 272 g/mol. The first-order chi connectivity index (χ1) is 9.74. The second-order valence-electron chi connectivity index (χ2n) is 5.36. The molecule has 1 aliphatic rings. The van der Waals surface area contributed by atoms with E-state index < -0.39 is 0 Å². The molecule has 1 aromatic heterocycles. The van der Waals surface area contributed by atoms with Crippen molar-refractivity contribution >= 4 is 5.69 Å². The standard InChI is InChI=1S/C14H20N6/c1-10(14-16-18-19-17-14)15-9-11-5-6-13-12(8-11)4-3-7-20(13)2/h5-6,8,10,15H,3-4,7,9H2,1-2H3,(H,16,17,18,19). The number of H-pyrrole nitrogens is 1. The molecule has 2 aromatic rings. The van der Waals surface area contributed by atoms with E-state index in [-0.39, 0.29) is 6.04 Å². The summed E-state index contributed by atoms with van der Waals surface area (Å²) in [5.74, 6) is 0.697. The number of fused-ring (bicyclic) bond motifs is 1. The van der Waals surface area contributed by atoms with Crippen molar-refractivity contribution in [3.8, 4) is 0 Å². The molecular formula is C14H20N6. The van der Waals surface area contributed by atoms with Gasteiger partial charge in [0.2, 0.25) is 0 Å². The number of aromatic amines is 1. The highest BCUT2D eigenvalue weighted by Gasteiger charge is 2.14. The second-order valence-corrected chi connectivity index (χ2v) is 5.36. The SMILES string of the molecule is CC(NCc1ccc2c(c1)CCCN2C)c1nn[nH]n1. The Balaban J connectivity index is 1.66. The Bertz CT molecular complexity index is 565. The molecular weight excluding hydrogens is 252 g/mol. The van der Waals surface area contributed by atoms with Gasteiger partial charge in [0.15, 0.2) is 5.82 Å². The molecule has 20 heavy (non-hydrogen) atoms. The third kappa shape index (κ3) is 2.65. The summed E-state index contributed by atoms with van der Waals surface area (Å²) in [7, 11) is 2.16. The van der Waals surface area contributed by atoms with Crippen LogP contribution in [-0.4, -0.2) is 34.2 Å². The maximum Gasteiger partial charge on any atom is 0.191 e. The van der Waals surface area contributed by atoms with Crippen molar-refractivity contribution < 1.29 is 0 Å². The number of hydrogen-bond donors (Lipinski definition) is 2. The minimum absolute atomic E-state index is 0.0902. The molecule has 106 valence electrons. The topological polar surface area (TPSA) is 69.7 Å². The maximum atomic E-state index is 3.99. The van der Waals surface area contributed by atoms with Crippen LogP contribution in [0.1, 0.15) is 36.3 Å². The van der Waals surface area contributed by atoms with E-state index in [0.29, 0.717) is 5.82 Å². The van der Waals surface area contributed by atoms with Crippen molar-refractivity contribution in [3.63, 3.8) is 0 Å². The van der Waals surface area contributed by atoms with Crippen LogP contribution in [-0.2, 0) is 13.0 Å². The highest BCUT2D eigenvalue weighted by atomic mass is 15.5. The number of aryl methyl sites for hydroxylation is 1. The van der Waals surface area contributed by atoms with Gasteiger partial charge in [-0.15, -0.1) is 10.2 Å². The van der Waals surface area contributed by atoms with Crippen LogP contribution < -0.4 is 10.2 Å². The Labute approximate surface area is 118 Å². The molecule has 0 saturated heterocycles. The Kier molecular flexibility index (Phi) is 3.64. The number of nitrogens with zero attached hydrogens (tertiary/aromatic N) is 4. The van der Waals surface area contributed by atoms with Crippen LogP contribution in [0.2, 0.25) is 0 Å². The van der Waals surface area contributed by atoms with E-state index in [4.69, 9.17) is 0 Å². The number of aromatic nitrogens is 4. The van der Waals surface area contributed by atoms with E-state index in [1.54, 1.807) is 0 Å². The monoisotopic (exact) mass is 272 g/mol. The van der Waals surface area contributed by atoms with Crippen molar-refractivity contribution in [2.24, 2.45) is 0 Å². The van der Waals surface area contributed by atoms with E-state index in [2.05, 4.69) is 56.1 Å². The van der Waals surface area contributed by atoms with Crippen molar-refractivity contribution in [1.29, 1.82) is 0 Å². The molecule has 6 heteroatoms. The zero-order valence-electron chi connectivity index (χ0n) is 11.9. The van der Waals surface area contributed by atoms with Gasteiger partial charge in [0, 0.05) is 25.8 Å². The lowest BCUT2D eigenvalue weighted by atomic mass is 9.99. The van der Waals surface area contributed by atoms with Gasteiger partial charge in [-0.05, 0) is 37.0 Å². The normalized spacial score (nSPS) is 16.0. The van der Waals surface area contributed by atoms with E-state index in [1.165, 1.54) is 29.7 Å². The fourth-order valence-electron chi connectivity index (χ4n) is 2.66. The van der Waals surface area contributed by atoms with Crippen molar-refractivity contribution in [3.05, 3.63) is 35.2 Å². The van der Waals surface area contributed by atoms with Crippen molar-refractivity contribution in [1.82, 2.24) is 25.9 Å². The van der Waals surface area contributed by atoms with Gasteiger partial charge in [-0.1, -0.05) is 17.3 Å². The predicted octanol–water partition coefficient (Wildman–Crippen LogP) is 1.43. The van der Waals surface area contributed by atoms with Gasteiger partial charge in [0.25, 0.3) is 0 Å². The summed E-state index contributed by atoms with van der Waals surface area (Å²) in [6.07, 6.45) is 2.41. The smallest absolute Gasteiger partial charge is 0.191 e. The minimum atomic E-state index is 0.0902. The number of nitrogens with one attached hydrogen (secondary N) is 2. The summed E-state index contributed by atoms with van der Waals surface area (Å²) < 4.78 is 0. The van der Waals surface area contributed by atoms with E-state index in [9.17, 15) is 0 Å². The van der Waals surface area contributed by atoms with Gasteiger partial charge < -0.3 is 10.2 Å². The molecule has 0 fully saturated rings. The summed E-state index contributed by atoms with van der Waals surface area (Å²) in [6, 6.07) is 6.81. The third-order valence-corrected chi connectivity index (χ3v) is 3.86. The Morgan fingerprint density at radius 2 is 2.35 bits per heavy atom. The zero-order valence-corrected chi connectivity index (χ0v) is 11.9. The fourth-order valence-corrected chi connectivity index (χ4v) is 2.66. The predicted molar refractivity (Wildman–Crippen MR) is 77.5 cm³/mol. The summed E-state index contributed by atoms with van der Waals surface area (Å²) in [5, 5.41) is 17.5. The molecule has 2 heterocycles. The molecule has 6 nitrogen and oxygen atoms in total. The lowest BCUT2D eigenvalue weighted by Gasteiger charge is -2.28. The summed E-state index contributed by atoms with van der Waals surface area (Å²) >= 11 is 0. The zero-order chi connectivity index (χ0) is 13.9. The molecule has 0 radical (unpaired) electrons. The molecule has 0 aliphatic carbocycles. The second kappa shape index (κ2) is 5.58. The third-order valence-electron chi connectivity index (χ3n) is 3.86. The van der Waals surface area contributed by atoms with Crippen LogP contribution in [0.3, 0.4) is 0 Å². The van der Waals surface area contributed by atoms with Gasteiger partial charge in [-0.25, -0.2) is 0 Å². The molecule has 3 rings (SSSR count).